The molecule has 1 aromatic rings. The number of carbonyl (C=O) groups excluding carboxylic acids is 1. The summed E-state index contributed by atoms with van der Waals surface area (Å²) in [5.74, 6) is -2.91. The molecule has 0 aliphatic carbocycles. The first-order valence-electron chi connectivity index (χ1n) is 4.05. The van der Waals surface area contributed by atoms with Gasteiger partial charge in [0.2, 0.25) is 11.5 Å². The molecule has 0 amide bonds. The zero-order chi connectivity index (χ0) is 12.1. The smallest absolute Gasteiger partial charge is 0.501 e. The zero-order valence-electron chi connectivity index (χ0n) is 7.92. The first-order valence-corrected chi connectivity index (χ1v) is 5.39. The van der Waals surface area contributed by atoms with Crippen LogP contribution in [0.25, 0.3) is 0 Å². The van der Waals surface area contributed by atoms with Gasteiger partial charge in [-0.15, -0.1) is 8.42 Å². The van der Waals surface area contributed by atoms with Crippen molar-refractivity contribution in [2.24, 2.45) is 0 Å². The number of ketones is 1. The Hall–Kier alpha value is -1.96. The lowest BCUT2D eigenvalue weighted by atomic mass is 10.1. The molecule has 8 heteroatoms. The van der Waals surface area contributed by atoms with Gasteiger partial charge in [-0.25, -0.2) is 0 Å². The summed E-state index contributed by atoms with van der Waals surface area (Å²) in [6, 6.07) is 0.829. The van der Waals surface area contributed by atoms with Gasteiger partial charge in [0.05, 0.1) is 0 Å². The second kappa shape index (κ2) is 3.01. The molecule has 2 N–H and O–H groups in total. The number of hydrogen-bond acceptors (Lipinski definition) is 7. The van der Waals surface area contributed by atoms with E-state index in [1.165, 1.54) is 0 Å². The van der Waals surface area contributed by atoms with Gasteiger partial charge < -0.3 is 18.6 Å². The molecule has 0 spiro atoms. The SMILES string of the molecule is CC(=O)c1c(O)cc2c(O)c1OS(=O)(=O)O2. The summed E-state index contributed by atoms with van der Waals surface area (Å²) >= 11 is 0. The lowest BCUT2D eigenvalue weighted by Crippen LogP contribution is -2.21. The Kier molecular flexibility index (Phi) is 1.99. The van der Waals surface area contributed by atoms with Crippen molar-refractivity contribution in [1.82, 2.24) is 0 Å². The van der Waals surface area contributed by atoms with E-state index in [9.17, 15) is 23.4 Å². The Bertz CT molecular complexity index is 587. The van der Waals surface area contributed by atoms with Crippen molar-refractivity contribution in [3.05, 3.63) is 11.6 Å². The van der Waals surface area contributed by atoms with E-state index in [2.05, 4.69) is 8.37 Å². The number of benzene rings is 1. The molecule has 86 valence electrons. The summed E-state index contributed by atoms with van der Waals surface area (Å²) < 4.78 is 30.6. The van der Waals surface area contributed by atoms with Gasteiger partial charge in [0.25, 0.3) is 0 Å². The van der Waals surface area contributed by atoms with Gasteiger partial charge in [-0.2, -0.15) is 0 Å². The third-order valence-corrected chi connectivity index (χ3v) is 2.68. The minimum atomic E-state index is -4.35. The molecule has 0 aromatic heterocycles. The molecular formula is C8H6O7S. The number of fused-ring (bicyclic) bond motifs is 2. The van der Waals surface area contributed by atoms with Crippen LogP contribution in [0.5, 0.6) is 23.0 Å². The maximum Gasteiger partial charge on any atom is 0.501 e. The van der Waals surface area contributed by atoms with Crippen molar-refractivity contribution in [3.8, 4) is 23.0 Å². The Morgan fingerprint density at radius 2 is 1.94 bits per heavy atom. The molecule has 0 atom stereocenters. The second-order valence-corrected chi connectivity index (χ2v) is 4.23. The number of phenolic OH excluding ortho intramolecular Hbond substituents is 2. The summed E-state index contributed by atoms with van der Waals surface area (Å²) in [7, 11) is -4.35. The van der Waals surface area contributed by atoms with Gasteiger partial charge >= 0.3 is 10.4 Å². The van der Waals surface area contributed by atoms with E-state index in [0.29, 0.717) is 0 Å². The van der Waals surface area contributed by atoms with E-state index in [-0.39, 0.29) is 0 Å². The van der Waals surface area contributed by atoms with Crippen molar-refractivity contribution in [3.63, 3.8) is 0 Å². The van der Waals surface area contributed by atoms with Gasteiger partial charge in [0.15, 0.2) is 11.5 Å². The van der Waals surface area contributed by atoms with E-state index in [4.69, 9.17) is 0 Å². The van der Waals surface area contributed by atoms with E-state index in [1.54, 1.807) is 0 Å². The first-order chi connectivity index (χ1) is 7.32. The lowest BCUT2D eigenvalue weighted by molar-refractivity contribution is 0.101. The molecular weight excluding hydrogens is 240 g/mol. The number of hydrogen-bond donors (Lipinski definition) is 2. The van der Waals surface area contributed by atoms with Gasteiger partial charge in [0, 0.05) is 6.07 Å². The average Bonchev–Trinajstić information content (AvgIpc) is 2.08. The molecule has 0 saturated heterocycles. The van der Waals surface area contributed by atoms with Gasteiger partial charge in [-0.05, 0) is 6.92 Å². The lowest BCUT2D eigenvalue weighted by Gasteiger charge is -2.19. The molecule has 0 radical (unpaired) electrons. The predicted molar refractivity (Wildman–Crippen MR) is 50.0 cm³/mol. The van der Waals surface area contributed by atoms with Gasteiger partial charge in [0.1, 0.15) is 11.3 Å². The maximum absolute atomic E-state index is 11.2. The number of phenols is 2. The number of rotatable bonds is 1. The molecule has 1 aliphatic rings. The standard InChI is InChI=1S/C8H6O7S/c1-3(9)6-4(10)2-5-7(11)8(6)15-16(12,13)14-5/h2,10-11H,1H3. The Morgan fingerprint density at radius 3 is 2.50 bits per heavy atom. The molecule has 0 fully saturated rings. The van der Waals surface area contributed by atoms with Crippen molar-refractivity contribution in [1.29, 1.82) is 0 Å². The highest BCUT2D eigenvalue weighted by atomic mass is 32.3. The monoisotopic (exact) mass is 246 g/mol. The number of aromatic hydroxyl groups is 2. The van der Waals surface area contributed by atoms with E-state index < -0.39 is 44.7 Å². The van der Waals surface area contributed by atoms with Crippen LogP contribution in [0.2, 0.25) is 0 Å². The first kappa shape index (κ1) is 10.6. The highest BCUT2D eigenvalue weighted by Gasteiger charge is 2.34. The van der Waals surface area contributed by atoms with Crippen LogP contribution >= 0.6 is 0 Å². The predicted octanol–water partition coefficient (Wildman–Crippen LogP) is 0.316. The molecule has 7 nitrogen and oxygen atoms in total. The third-order valence-electron chi connectivity index (χ3n) is 1.93. The van der Waals surface area contributed by atoms with Crippen LogP contribution in [0.15, 0.2) is 6.07 Å². The molecule has 0 saturated carbocycles. The molecule has 1 heterocycles. The van der Waals surface area contributed by atoms with Crippen LogP contribution in [0, 0.1) is 0 Å². The topological polar surface area (TPSA) is 110 Å². The number of Topliss-reactive ketones (excluding diaryl/α,β-unsaturated/α-hetero) is 1. The Morgan fingerprint density at radius 1 is 1.31 bits per heavy atom. The number of carbonyl (C=O) groups is 1. The van der Waals surface area contributed by atoms with Gasteiger partial charge in [-0.1, -0.05) is 0 Å². The van der Waals surface area contributed by atoms with Crippen LogP contribution in [0.3, 0.4) is 0 Å². The summed E-state index contributed by atoms with van der Waals surface area (Å²) in [5, 5.41) is 18.9. The summed E-state index contributed by atoms with van der Waals surface area (Å²) in [6.07, 6.45) is 0. The molecule has 2 rings (SSSR count). The molecule has 2 bridgehead atoms. The minimum Gasteiger partial charge on any atom is -0.507 e. The molecule has 1 aromatic carbocycles. The van der Waals surface area contributed by atoms with Crippen molar-refractivity contribution in [2.75, 3.05) is 0 Å². The second-order valence-electron chi connectivity index (χ2n) is 3.08. The Labute approximate surface area is 90.2 Å². The highest BCUT2D eigenvalue weighted by Crippen LogP contribution is 2.48. The van der Waals surface area contributed by atoms with Crippen LogP contribution in [0.1, 0.15) is 17.3 Å². The van der Waals surface area contributed by atoms with Crippen LogP contribution in [0.4, 0.5) is 0 Å². The van der Waals surface area contributed by atoms with Crippen LogP contribution in [-0.2, 0) is 10.4 Å². The fourth-order valence-electron chi connectivity index (χ4n) is 1.33. The quantitative estimate of drug-likeness (QED) is 0.542. The van der Waals surface area contributed by atoms with Crippen molar-refractivity contribution < 1.29 is 31.8 Å². The molecule has 16 heavy (non-hydrogen) atoms. The third kappa shape index (κ3) is 1.43. The van der Waals surface area contributed by atoms with Crippen molar-refractivity contribution in [2.45, 2.75) is 6.92 Å². The van der Waals surface area contributed by atoms with E-state index in [0.717, 1.165) is 13.0 Å². The maximum atomic E-state index is 11.2. The largest absolute Gasteiger partial charge is 0.507 e. The molecule has 1 aliphatic heterocycles. The van der Waals surface area contributed by atoms with Crippen LogP contribution < -0.4 is 8.37 Å². The average molecular weight is 246 g/mol. The minimum absolute atomic E-state index is 0.409. The summed E-state index contributed by atoms with van der Waals surface area (Å²) in [4.78, 5) is 11.2. The molecule has 0 unspecified atom stereocenters. The highest BCUT2D eigenvalue weighted by molar-refractivity contribution is 7.82. The van der Waals surface area contributed by atoms with Crippen LogP contribution in [-0.4, -0.2) is 24.4 Å². The van der Waals surface area contributed by atoms with E-state index in [1.807, 2.05) is 0 Å². The van der Waals surface area contributed by atoms with Gasteiger partial charge in [-0.3, -0.25) is 4.79 Å². The normalized spacial score (nSPS) is 16.1. The van der Waals surface area contributed by atoms with E-state index >= 15 is 0 Å². The van der Waals surface area contributed by atoms with Crippen molar-refractivity contribution >= 4 is 16.2 Å². The summed E-state index contributed by atoms with van der Waals surface area (Å²) in [5.41, 5.74) is -0.409. The summed E-state index contributed by atoms with van der Waals surface area (Å²) in [6.45, 7) is 1.09. The fourth-order valence-corrected chi connectivity index (χ4v) is 2.07. The Balaban J connectivity index is 2.80. The fraction of sp³-hybridized carbons (Fsp3) is 0.125. The zero-order valence-corrected chi connectivity index (χ0v) is 8.74.